The number of nitriles is 1. The van der Waals surface area contributed by atoms with E-state index in [1.54, 1.807) is 31.2 Å². The van der Waals surface area contributed by atoms with Crippen molar-refractivity contribution >= 4 is 22.8 Å². The summed E-state index contributed by atoms with van der Waals surface area (Å²) in [6.07, 6.45) is 9.96. The van der Waals surface area contributed by atoms with Crippen LogP contribution in [0.25, 0.3) is 10.9 Å². The first-order valence-electron chi connectivity index (χ1n) is 15.0. The zero-order valence-corrected chi connectivity index (χ0v) is 24.0. The third-order valence-corrected chi connectivity index (χ3v) is 9.68. The SMILES string of the molecule is CC(Cc1c[nH]c2ccccc12)(NC(=NC12CC3CC(CC(C3)C1)C2)NC#N)C(=O)NC(CO)C(O)c1ccccc1. The molecule has 1 aromatic heterocycles. The average molecular weight is 569 g/mol. The topological polar surface area (TPSA) is 146 Å². The number of H-pyrrole nitrogens is 1. The second-order valence-corrected chi connectivity index (χ2v) is 13.0. The Labute approximate surface area is 246 Å². The lowest BCUT2D eigenvalue weighted by Gasteiger charge is -2.55. The van der Waals surface area contributed by atoms with Gasteiger partial charge in [-0.1, -0.05) is 48.5 Å². The van der Waals surface area contributed by atoms with Gasteiger partial charge in [0.1, 0.15) is 11.6 Å². The van der Waals surface area contributed by atoms with E-state index in [1.165, 1.54) is 19.3 Å². The number of nitrogens with zero attached hydrogens (tertiary/aromatic N) is 2. The maximum absolute atomic E-state index is 14.2. The summed E-state index contributed by atoms with van der Waals surface area (Å²) in [5.41, 5.74) is 0.973. The van der Waals surface area contributed by atoms with Crippen LogP contribution in [0, 0.1) is 29.2 Å². The molecule has 9 heteroatoms. The molecule has 0 radical (unpaired) electrons. The first kappa shape index (κ1) is 28.3. The number of rotatable bonds is 9. The van der Waals surface area contributed by atoms with Crippen LogP contribution in [0.3, 0.4) is 0 Å². The van der Waals surface area contributed by atoms with E-state index in [0.717, 1.165) is 35.7 Å². The average Bonchev–Trinajstić information content (AvgIpc) is 3.37. The Morgan fingerprint density at radius 1 is 1.10 bits per heavy atom. The lowest BCUT2D eigenvalue weighted by molar-refractivity contribution is -0.128. The van der Waals surface area contributed by atoms with E-state index in [0.29, 0.717) is 29.3 Å². The van der Waals surface area contributed by atoms with Crippen molar-refractivity contribution in [1.82, 2.24) is 20.9 Å². The molecule has 1 heterocycles. The Kier molecular flexibility index (Phi) is 7.69. The van der Waals surface area contributed by atoms with Crippen molar-refractivity contribution in [3.05, 3.63) is 71.9 Å². The first-order chi connectivity index (χ1) is 20.3. The zero-order chi connectivity index (χ0) is 29.3. The normalized spacial score (nSPS) is 27.6. The van der Waals surface area contributed by atoms with E-state index >= 15 is 0 Å². The number of amides is 1. The molecule has 4 aliphatic carbocycles. The Morgan fingerprint density at radius 2 is 1.74 bits per heavy atom. The van der Waals surface area contributed by atoms with Crippen molar-refractivity contribution < 1.29 is 15.0 Å². The van der Waals surface area contributed by atoms with Gasteiger partial charge in [0.2, 0.25) is 11.9 Å². The molecule has 3 unspecified atom stereocenters. The summed E-state index contributed by atoms with van der Waals surface area (Å²) in [6, 6.07) is 15.9. The summed E-state index contributed by atoms with van der Waals surface area (Å²) in [7, 11) is 0. The highest BCUT2D eigenvalue weighted by Crippen LogP contribution is 2.57. The quantitative estimate of drug-likeness (QED) is 0.101. The molecule has 2 aromatic carbocycles. The Bertz CT molecular complexity index is 1460. The summed E-state index contributed by atoms with van der Waals surface area (Å²) in [5, 5.41) is 40.9. The molecule has 4 fully saturated rings. The molecule has 9 nitrogen and oxygen atoms in total. The monoisotopic (exact) mass is 568 g/mol. The summed E-state index contributed by atoms with van der Waals surface area (Å²) in [5.74, 6) is 1.90. The number of para-hydroxylation sites is 1. The van der Waals surface area contributed by atoms with Gasteiger partial charge in [-0.25, -0.2) is 4.99 Å². The molecule has 1 amide bonds. The van der Waals surface area contributed by atoms with Crippen LogP contribution in [0.15, 0.2) is 65.8 Å². The molecular formula is C33H40N6O3. The van der Waals surface area contributed by atoms with Crippen molar-refractivity contribution in [2.45, 2.75) is 75.1 Å². The number of guanidine groups is 1. The number of hydrogen-bond donors (Lipinski definition) is 6. The summed E-state index contributed by atoms with van der Waals surface area (Å²) in [6.45, 7) is 1.33. The Morgan fingerprint density at radius 3 is 2.38 bits per heavy atom. The molecule has 0 spiro atoms. The lowest BCUT2D eigenvalue weighted by atomic mass is 9.53. The van der Waals surface area contributed by atoms with Gasteiger partial charge in [-0.3, -0.25) is 10.1 Å². The molecule has 3 atom stereocenters. The van der Waals surface area contributed by atoms with E-state index < -0.39 is 30.2 Å². The molecule has 4 saturated carbocycles. The van der Waals surface area contributed by atoms with Crippen molar-refractivity contribution in [3.63, 3.8) is 0 Å². The predicted octanol–water partition coefficient (Wildman–Crippen LogP) is 3.66. The number of aromatic nitrogens is 1. The van der Waals surface area contributed by atoms with Gasteiger partial charge >= 0.3 is 0 Å². The second-order valence-electron chi connectivity index (χ2n) is 13.0. The number of aliphatic imine (C=N–C) groups is 1. The van der Waals surface area contributed by atoms with E-state index in [1.807, 2.05) is 42.7 Å². The van der Waals surface area contributed by atoms with Gasteiger partial charge in [-0.15, -0.1) is 0 Å². The second kappa shape index (κ2) is 11.4. The number of nitrogens with one attached hydrogen (secondary N) is 4. The van der Waals surface area contributed by atoms with Crippen molar-refractivity contribution in [2.24, 2.45) is 22.7 Å². The first-order valence-corrected chi connectivity index (χ1v) is 15.0. The number of fused-ring (bicyclic) bond motifs is 1. The van der Waals surface area contributed by atoms with Gasteiger partial charge in [0, 0.05) is 23.5 Å². The fourth-order valence-electron chi connectivity index (χ4n) is 8.12. The Hall–Kier alpha value is -3.87. The smallest absolute Gasteiger partial charge is 0.246 e. The van der Waals surface area contributed by atoms with E-state index in [9.17, 15) is 20.3 Å². The van der Waals surface area contributed by atoms with Crippen molar-refractivity contribution in [3.8, 4) is 6.19 Å². The maximum Gasteiger partial charge on any atom is 0.246 e. The summed E-state index contributed by atoms with van der Waals surface area (Å²) in [4.78, 5) is 22.6. The Balaban J connectivity index is 1.32. The minimum absolute atomic E-state index is 0.226. The van der Waals surface area contributed by atoms with Crippen LogP contribution in [0.4, 0.5) is 0 Å². The van der Waals surface area contributed by atoms with Gasteiger partial charge in [0.25, 0.3) is 0 Å². The van der Waals surface area contributed by atoms with Crippen LogP contribution >= 0.6 is 0 Å². The zero-order valence-electron chi connectivity index (χ0n) is 24.0. The molecule has 0 saturated heterocycles. The standard InChI is InChI=1S/C33H40N6O3/c1-32(17-25-18-35-27-10-6-5-9-26(25)27,30(42)37-28(19-40)29(41)24-7-3-2-4-8-24)38-31(36-20-34)39-33-14-21-11-22(15-33)13-23(12-21)16-33/h2-10,18,21-23,28-29,35,40-41H,11-17,19H2,1H3,(H,37,42)(H2,36,38,39). The van der Waals surface area contributed by atoms with Gasteiger partial charge in [-0.05, 0) is 80.4 Å². The highest BCUT2D eigenvalue weighted by Gasteiger charge is 2.51. The molecule has 3 aromatic rings. The largest absolute Gasteiger partial charge is 0.394 e. The highest BCUT2D eigenvalue weighted by molar-refractivity contribution is 5.94. The minimum atomic E-state index is -1.28. The highest BCUT2D eigenvalue weighted by atomic mass is 16.3. The number of carbonyl (C=O) groups is 1. The number of aromatic amines is 1. The molecule has 42 heavy (non-hydrogen) atoms. The van der Waals surface area contributed by atoms with Gasteiger partial charge in [-0.2, -0.15) is 5.26 Å². The lowest BCUT2D eigenvalue weighted by Crippen LogP contribution is -2.63. The van der Waals surface area contributed by atoms with Gasteiger partial charge in [0.15, 0.2) is 6.19 Å². The number of benzene rings is 2. The fourth-order valence-corrected chi connectivity index (χ4v) is 8.12. The van der Waals surface area contributed by atoms with Crippen LogP contribution in [0.5, 0.6) is 0 Å². The van der Waals surface area contributed by atoms with Crippen LogP contribution in [0.2, 0.25) is 0 Å². The molecule has 0 aliphatic heterocycles. The molecule has 4 bridgehead atoms. The predicted molar refractivity (Wildman–Crippen MR) is 161 cm³/mol. The maximum atomic E-state index is 14.2. The fraction of sp³-hybridized carbons (Fsp3) is 0.485. The molecule has 220 valence electrons. The summed E-state index contributed by atoms with van der Waals surface area (Å²) < 4.78 is 0. The van der Waals surface area contributed by atoms with Crippen LogP contribution < -0.4 is 16.0 Å². The molecular weight excluding hydrogens is 528 g/mol. The van der Waals surface area contributed by atoms with Crippen molar-refractivity contribution in [2.75, 3.05) is 6.61 Å². The van der Waals surface area contributed by atoms with Crippen LogP contribution in [0.1, 0.15) is 62.7 Å². The van der Waals surface area contributed by atoms with Crippen LogP contribution in [-0.2, 0) is 11.2 Å². The third kappa shape index (κ3) is 5.61. The van der Waals surface area contributed by atoms with Crippen LogP contribution in [-0.4, -0.2) is 50.8 Å². The van der Waals surface area contributed by atoms with E-state index in [-0.39, 0.29) is 12.0 Å². The number of carbonyl (C=O) groups excluding carboxylic acids is 1. The minimum Gasteiger partial charge on any atom is -0.394 e. The van der Waals surface area contributed by atoms with E-state index in [4.69, 9.17) is 4.99 Å². The van der Waals surface area contributed by atoms with Gasteiger partial charge < -0.3 is 25.8 Å². The van der Waals surface area contributed by atoms with Crippen molar-refractivity contribution in [1.29, 1.82) is 5.26 Å². The van der Waals surface area contributed by atoms with Gasteiger partial charge in [0.05, 0.1) is 18.2 Å². The molecule has 6 N–H and O–H groups in total. The summed E-state index contributed by atoms with van der Waals surface area (Å²) >= 11 is 0. The third-order valence-electron chi connectivity index (χ3n) is 9.68. The van der Waals surface area contributed by atoms with E-state index in [2.05, 4.69) is 20.9 Å². The molecule has 4 aliphatic rings. The number of aliphatic hydroxyl groups is 2. The molecule has 7 rings (SSSR count). The number of hydrogen-bond acceptors (Lipinski definition) is 5. The number of aliphatic hydroxyl groups excluding tert-OH is 2.